The van der Waals surface area contributed by atoms with Crippen LogP contribution in [-0.4, -0.2) is 9.97 Å². The Bertz CT molecular complexity index is 571. The van der Waals surface area contributed by atoms with E-state index in [2.05, 4.69) is 30.7 Å². The highest BCUT2D eigenvalue weighted by Crippen LogP contribution is 2.27. The molecule has 0 aliphatic heterocycles. The summed E-state index contributed by atoms with van der Waals surface area (Å²) < 4.78 is 13.0. The summed E-state index contributed by atoms with van der Waals surface area (Å²) in [5.74, 6) is -0.455. The van der Waals surface area contributed by atoms with E-state index in [-0.39, 0.29) is 5.41 Å². The molecule has 18 heavy (non-hydrogen) atoms. The third kappa shape index (κ3) is 2.55. The minimum absolute atomic E-state index is 0.0685. The van der Waals surface area contributed by atoms with Crippen LogP contribution < -0.4 is 0 Å². The molecule has 2 aromatic heterocycles. The van der Waals surface area contributed by atoms with Crippen LogP contribution >= 0.6 is 0 Å². The summed E-state index contributed by atoms with van der Waals surface area (Å²) in [4.78, 5) is 8.19. The largest absolute Gasteiger partial charge is 0.256 e. The number of nitrogens with zero attached hydrogens (tertiary/aromatic N) is 2. The van der Waals surface area contributed by atoms with E-state index in [0.717, 1.165) is 11.3 Å². The molecule has 0 radical (unpaired) electrons. The van der Waals surface area contributed by atoms with Crippen molar-refractivity contribution < 1.29 is 4.39 Å². The molecule has 0 N–H and O–H groups in total. The Morgan fingerprint density at radius 2 is 1.83 bits per heavy atom. The van der Waals surface area contributed by atoms with Crippen molar-refractivity contribution in [3.63, 3.8) is 0 Å². The van der Waals surface area contributed by atoms with Crippen LogP contribution in [0, 0.1) is 12.9 Å². The van der Waals surface area contributed by atoms with Crippen molar-refractivity contribution in [1.29, 1.82) is 0 Å². The van der Waals surface area contributed by atoms with Gasteiger partial charge < -0.3 is 0 Å². The zero-order valence-electron chi connectivity index (χ0n) is 11.2. The third-order valence-electron chi connectivity index (χ3n) is 2.95. The van der Waals surface area contributed by atoms with Gasteiger partial charge in [-0.3, -0.25) is 4.98 Å². The SMILES string of the molecule is Cc1nc(F)ccc1-c1cc(C(C)(C)C)ccn1. The van der Waals surface area contributed by atoms with E-state index in [1.807, 2.05) is 12.1 Å². The lowest BCUT2D eigenvalue weighted by Crippen LogP contribution is -2.11. The number of rotatable bonds is 1. The summed E-state index contributed by atoms with van der Waals surface area (Å²) in [5.41, 5.74) is 3.65. The lowest BCUT2D eigenvalue weighted by atomic mass is 9.87. The number of hydrogen-bond donors (Lipinski definition) is 0. The molecule has 2 aromatic rings. The van der Waals surface area contributed by atoms with Crippen molar-refractivity contribution >= 4 is 0 Å². The number of hydrogen-bond acceptors (Lipinski definition) is 2. The van der Waals surface area contributed by atoms with Gasteiger partial charge in [0.05, 0.1) is 5.69 Å². The van der Waals surface area contributed by atoms with Gasteiger partial charge in [-0.25, -0.2) is 4.98 Å². The number of aryl methyl sites for hydroxylation is 1. The monoisotopic (exact) mass is 244 g/mol. The Kier molecular flexibility index (Phi) is 3.16. The summed E-state index contributed by atoms with van der Waals surface area (Å²) in [6.45, 7) is 8.26. The molecule has 0 spiro atoms. The normalized spacial score (nSPS) is 11.6. The average Bonchev–Trinajstić information content (AvgIpc) is 2.28. The molecule has 0 amide bonds. The predicted molar refractivity (Wildman–Crippen MR) is 70.9 cm³/mol. The Hall–Kier alpha value is -1.77. The summed E-state index contributed by atoms with van der Waals surface area (Å²) in [7, 11) is 0. The lowest BCUT2D eigenvalue weighted by Gasteiger charge is -2.19. The van der Waals surface area contributed by atoms with E-state index in [0.29, 0.717) is 5.69 Å². The molecule has 0 aromatic carbocycles. The van der Waals surface area contributed by atoms with Crippen LogP contribution in [0.3, 0.4) is 0 Å². The minimum atomic E-state index is -0.455. The third-order valence-corrected chi connectivity index (χ3v) is 2.95. The van der Waals surface area contributed by atoms with Gasteiger partial charge in [-0.1, -0.05) is 20.8 Å². The van der Waals surface area contributed by atoms with Gasteiger partial charge >= 0.3 is 0 Å². The standard InChI is InChI=1S/C15H17FN2/c1-10-12(5-6-14(16)18-10)13-9-11(7-8-17-13)15(2,3)4/h5-9H,1-4H3. The van der Waals surface area contributed by atoms with Crippen molar-refractivity contribution in [3.8, 4) is 11.3 Å². The summed E-state index contributed by atoms with van der Waals surface area (Å²) in [6, 6.07) is 7.15. The van der Waals surface area contributed by atoms with Gasteiger partial charge in [0.15, 0.2) is 0 Å². The second-order valence-electron chi connectivity index (χ2n) is 5.45. The fraction of sp³-hybridized carbons (Fsp3) is 0.333. The maximum Gasteiger partial charge on any atom is 0.213 e. The van der Waals surface area contributed by atoms with E-state index < -0.39 is 5.95 Å². The molecule has 0 atom stereocenters. The van der Waals surface area contributed by atoms with E-state index in [9.17, 15) is 4.39 Å². The topological polar surface area (TPSA) is 25.8 Å². The first kappa shape index (κ1) is 12.7. The van der Waals surface area contributed by atoms with E-state index in [4.69, 9.17) is 0 Å². The van der Waals surface area contributed by atoms with Crippen LogP contribution in [0.4, 0.5) is 4.39 Å². The molecular formula is C15H17FN2. The van der Waals surface area contributed by atoms with E-state index in [1.54, 1.807) is 19.2 Å². The number of aromatic nitrogens is 2. The second-order valence-corrected chi connectivity index (χ2v) is 5.45. The van der Waals surface area contributed by atoms with Crippen molar-refractivity contribution in [1.82, 2.24) is 9.97 Å². The molecule has 0 unspecified atom stereocenters. The first-order valence-corrected chi connectivity index (χ1v) is 5.98. The Labute approximate surface area is 107 Å². The molecule has 0 fully saturated rings. The quantitative estimate of drug-likeness (QED) is 0.711. The fourth-order valence-electron chi connectivity index (χ4n) is 1.85. The molecule has 0 saturated heterocycles. The van der Waals surface area contributed by atoms with Crippen LogP contribution in [0.25, 0.3) is 11.3 Å². The Morgan fingerprint density at radius 3 is 2.44 bits per heavy atom. The van der Waals surface area contributed by atoms with Crippen LogP contribution in [0.2, 0.25) is 0 Å². The van der Waals surface area contributed by atoms with E-state index in [1.165, 1.54) is 11.6 Å². The molecule has 0 saturated carbocycles. The maximum atomic E-state index is 13.0. The smallest absolute Gasteiger partial charge is 0.213 e. The molecular weight excluding hydrogens is 227 g/mol. The lowest BCUT2D eigenvalue weighted by molar-refractivity contribution is 0.580. The van der Waals surface area contributed by atoms with Gasteiger partial charge in [-0.2, -0.15) is 4.39 Å². The van der Waals surface area contributed by atoms with Crippen molar-refractivity contribution in [2.75, 3.05) is 0 Å². The highest BCUT2D eigenvalue weighted by molar-refractivity contribution is 5.62. The first-order valence-electron chi connectivity index (χ1n) is 5.98. The van der Waals surface area contributed by atoms with Crippen LogP contribution in [0.1, 0.15) is 32.0 Å². The Morgan fingerprint density at radius 1 is 1.11 bits per heavy atom. The van der Waals surface area contributed by atoms with Crippen LogP contribution in [-0.2, 0) is 5.41 Å². The van der Waals surface area contributed by atoms with Crippen molar-refractivity contribution in [2.45, 2.75) is 33.1 Å². The first-order chi connectivity index (χ1) is 8.38. The molecule has 2 rings (SSSR count). The zero-order chi connectivity index (χ0) is 13.3. The molecule has 2 nitrogen and oxygen atoms in total. The fourth-order valence-corrected chi connectivity index (χ4v) is 1.85. The summed E-state index contributed by atoms with van der Waals surface area (Å²) >= 11 is 0. The zero-order valence-corrected chi connectivity index (χ0v) is 11.2. The second kappa shape index (κ2) is 4.48. The van der Waals surface area contributed by atoms with Gasteiger partial charge in [0.25, 0.3) is 0 Å². The van der Waals surface area contributed by atoms with Gasteiger partial charge in [0.1, 0.15) is 0 Å². The van der Waals surface area contributed by atoms with Gasteiger partial charge in [-0.05, 0) is 42.2 Å². The van der Waals surface area contributed by atoms with Gasteiger partial charge in [0, 0.05) is 17.5 Å². The molecule has 94 valence electrons. The van der Waals surface area contributed by atoms with Crippen molar-refractivity contribution in [3.05, 3.63) is 47.7 Å². The molecule has 0 aliphatic carbocycles. The van der Waals surface area contributed by atoms with Crippen molar-refractivity contribution in [2.24, 2.45) is 0 Å². The molecule has 0 aliphatic rings. The molecule has 0 bridgehead atoms. The number of halogens is 1. The Balaban J connectivity index is 2.51. The molecule has 2 heterocycles. The highest BCUT2D eigenvalue weighted by atomic mass is 19.1. The molecule has 3 heteroatoms. The highest BCUT2D eigenvalue weighted by Gasteiger charge is 2.15. The predicted octanol–water partition coefficient (Wildman–Crippen LogP) is 3.89. The van der Waals surface area contributed by atoms with E-state index >= 15 is 0 Å². The maximum absolute atomic E-state index is 13.0. The summed E-state index contributed by atoms with van der Waals surface area (Å²) in [6.07, 6.45) is 1.79. The van der Waals surface area contributed by atoms with Crippen LogP contribution in [0.15, 0.2) is 30.5 Å². The average molecular weight is 244 g/mol. The summed E-state index contributed by atoms with van der Waals surface area (Å²) in [5, 5.41) is 0. The number of pyridine rings is 2. The van der Waals surface area contributed by atoms with Gasteiger partial charge in [-0.15, -0.1) is 0 Å². The van der Waals surface area contributed by atoms with Crippen LogP contribution in [0.5, 0.6) is 0 Å². The minimum Gasteiger partial charge on any atom is -0.256 e. The van der Waals surface area contributed by atoms with Gasteiger partial charge in [0.2, 0.25) is 5.95 Å².